The number of aryl methyl sites for hydroxylation is 1. The smallest absolute Gasteiger partial charge is 0.253 e. The van der Waals surface area contributed by atoms with Gasteiger partial charge >= 0.3 is 0 Å². The SMILES string of the molecule is O=C(NCc1ccccn1)c1cncc(N2CCCc3ccccc32)c1. The maximum atomic E-state index is 12.5. The van der Waals surface area contributed by atoms with Crippen LogP contribution >= 0.6 is 0 Å². The summed E-state index contributed by atoms with van der Waals surface area (Å²) in [6.45, 7) is 1.33. The lowest BCUT2D eigenvalue weighted by Crippen LogP contribution is -2.26. The van der Waals surface area contributed by atoms with Crippen LogP contribution in [0.4, 0.5) is 11.4 Å². The monoisotopic (exact) mass is 344 g/mol. The number of anilines is 2. The molecule has 0 unspecified atom stereocenters. The first-order valence-electron chi connectivity index (χ1n) is 8.80. The fourth-order valence-electron chi connectivity index (χ4n) is 3.28. The van der Waals surface area contributed by atoms with Gasteiger partial charge in [-0.3, -0.25) is 14.8 Å². The molecule has 4 rings (SSSR count). The maximum absolute atomic E-state index is 12.5. The standard InChI is InChI=1S/C21H20N4O/c26-21(24-14-18-8-3-4-10-23-18)17-12-19(15-22-13-17)25-11-5-7-16-6-1-2-9-20(16)25/h1-4,6,8-10,12-13,15H,5,7,11,14H2,(H,24,26). The van der Waals surface area contributed by atoms with E-state index in [-0.39, 0.29) is 5.91 Å². The van der Waals surface area contributed by atoms with Gasteiger partial charge in [0.05, 0.1) is 29.7 Å². The van der Waals surface area contributed by atoms with Gasteiger partial charge in [-0.25, -0.2) is 0 Å². The molecule has 0 radical (unpaired) electrons. The van der Waals surface area contributed by atoms with E-state index in [9.17, 15) is 4.79 Å². The van der Waals surface area contributed by atoms with E-state index >= 15 is 0 Å². The molecule has 1 aromatic carbocycles. The minimum Gasteiger partial charge on any atom is -0.346 e. The van der Waals surface area contributed by atoms with Crippen LogP contribution in [0.2, 0.25) is 0 Å². The van der Waals surface area contributed by atoms with Gasteiger partial charge in [-0.15, -0.1) is 0 Å². The van der Waals surface area contributed by atoms with E-state index in [1.54, 1.807) is 12.4 Å². The summed E-state index contributed by atoms with van der Waals surface area (Å²) < 4.78 is 0. The van der Waals surface area contributed by atoms with Crippen molar-refractivity contribution in [2.24, 2.45) is 0 Å². The second-order valence-electron chi connectivity index (χ2n) is 6.32. The van der Waals surface area contributed by atoms with E-state index in [0.29, 0.717) is 12.1 Å². The lowest BCUT2D eigenvalue weighted by Gasteiger charge is -2.31. The number of amides is 1. The van der Waals surface area contributed by atoms with Crippen LogP contribution in [0.15, 0.2) is 67.1 Å². The summed E-state index contributed by atoms with van der Waals surface area (Å²) in [6, 6.07) is 16.0. The summed E-state index contributed by atoms with van der Waals surface area (Å²) in [7, 11) is 0. The van der Waals surface area contributed by atoms with Crippen molar-refractivity contribution in [3.05, 3.63) is 83.9 Å². The molecule has 0 spiro atoms. The zero-order chi connectivity index (χ0) is 17.8. The molecule has 1 aliphatic rings. The number of carbonyl (C=O) groups is 1. The van der Waals surface area contributed by atoms with Crippen LogP contribution in [0, 0.1) is 0 Å². The van der Waals surface area contributed by atoms with Gasteiger partial charge in [-0.05, 0) is 42.7 Å². The highest BCUT2D eigenvalue weighted by Gasteiger charge is 2.19. The van der Waals surface area contributed by atoms with Crippen molar-refractivity contribution in [3.8, 4) is 0 Å². The van der Waals surface area contributed by atoms with Gasteiger partial charge in [0.2, 0.25) is 0 Å². The summed E-state index contributed by atoms with van der Waals surface area (Å²) in [5.74, 6) is -0.143. The molecule has 3 heterocycles. The van der Waals surface area contributed by atoms with Crippen LogP contribution in [0.5, 0.6) is 0 Å². The van der Waals surface area contributed by atoms with Crippen molar-refractivity contribution in [2.45, 2.75) is 19.4 Å². The first-order chi connectivity index (χ1) is 12.8. The fourth-order valence-corrected chi connectivity index (χ4v) is 3.28. The molecular formula is C21H20N4O. The van der Waals surface area contributed by atoms with Gasteiger partial charge in [0.25, 0.3) is 5.91 Å². The van der Waals surface area contributed by atoms with E-state index < -0.39 is 0 Å². The minimum absolute atomic E-state index is 0.143. The Balaban J connectivity index is 1.53. The van der Waals surface area contributed by atoms with Crippen molar-refractivity contribution in [1.82, 2.24) is 15.3 Å². The Morgan fingerprint density at radius 3 is 2.88 bits per heavy atom. The molecule has 1 N–H and O–H groups in total. The van der Waals surface area contributed by atoms with Crippen molar-refractivity contribution < 1.29 is 4.79 Å². The van der Waals surface area contributed by atoms with Crippen LogP contribution in [-0.4, -0.2) is 22.4 Å². The number of hydrogen-bond donors (Lipinski definition) is 1. The van der Waals surface area contributed by atoms with E-state index in [2.05, 4.69) is 38.4 Å². The summed E-state index contributed by atoms with van der Waals surface area (Å²) in [5.41, 5.74) is 4.87. The lowest BCUT2D eigenvalue weighted by molar-refractivity contribution is 0.0950. The normalized spacial score (nSPS) is 13.2. The largest absolute Gasteiger partial charge is 0.346 e. The van der Waals surface area contributed by atoms with E-state index in [0.717, 1.165) is 30.8 Å². The molecule has 2 aromatic heterocycles. The molecule has 1 aliphatic heterocycles. The first-order valence-corrected chi connectivity index (χ1v) is 8.80. The van der Waals surface area contributed by atoms with Crippen LogP contribution in [-0.2, 0) is 13.0 Å². The van der Waals surface area contributed by atoms with Crippen molar-refractivity contribution >= 4 is 17.3 Å². The highest BCUT2D eigenvalue weighted by molar-refractivity contribution is 5.95. The molecule has 3 aromatic rings. The summed E-state index contributed by atoms with van der Waals surface area (Å²) in [6.07, 6.45) is 7.32. The average Bonchev–Trinajstić information content (AvgIpc) is 2.72. The van der Waals surface area contributed by atoms with Crippen LogP contribution < -0.4 is 10.2 Å². The van der Waals surface area contributed by atoms with Crippen molar-refractivity contribution in [2.75, 3.05) is 11.4 Å². The number of nitrogens with one attached hydrogen (secondary N) is 1. The number of aromatic nitrogens is 2. The molecule has 0 saturated heterocycles. The molecule has 0 atom stereocenters. The third-order valence-corrected chi connectivity index (χ3v) is 4.56. The van der Waals surface area contributed by atoms with E-state index in [4.69, 9.17) is 0 Å². The Morgan fingerprint density at radius 2 is 2.00 bits per heavy atom. The van der Waals surface area contributed by atoms with Crippen LogP contribution in [0.3, 0.4) is 0 Å². The summed E-state index contributed by atoms with van der Waals surface area (Å²) >= 11 is 0. The van der Waals surface area contributed by atoms with E-state index in [1.807, 2.05) is 36.5 Å². The van der Waals surface area contributed by atoms with Gasteiger partial charge in [0, 0.05) is 24.6 Å². The predicted molar refractivity (Wildman–Crippen MR) is 101 cm³/mol. The Kier molecular flexibility index (Phi) is 4.60. The molecule has 5 heteroatoms. The van der Waals surface area contributed by atoms with E-state index in [1.165, 1.54) is 11.3 Å². The third kappa shape index (κ3) is 3.42. The molecule has 0 fully saturated rings. The number of para-hydroxylation sites is 1. The summed E-state index contributed by atoms with van der Waals surface area (Å²) in [5, 5.41) is 2.90. The number of fused-ring (bicyclic) bond motifs is 1. The van der Waals surface area contributed by atoms with Crippen LogP contribution in [0.1, 0.15) is 28.0 Å². The molecule has 0 bridgehead atoms. The molecule has 5 nitrogen and oxygen atoms in total. The number of pyridine rings is 2. The second-order valence-corrected chi connectivity index (χ2v) is 6.32. The zero-order valence-electron chi connectivity index (χ0n) is 14.4. The van der Waals surface area contributed by atoms with Gasteiger partial charge in [0.15, 0.2) is 0 Å². The van der Waals surface area contributed by atoms with Gasteiger partial charge in [0.1, 0.15) is 0 Å². The highest BCUT2D eigenvalue weighted by atomic mass is 16.1. The molecule has 130 valence electrons. The van der Waals surface area contributed by atoms with Gasteiger partial charge in [-0.1, -0.05) is 24.3 Å². The molecule has 0 saturated carbocycles. The number of hydrogen-bond acceptors (Lipinski definition) is 4. The second kappa shape index (κ2) is 7.35. The maximum Gasteiger partial charge on any atom is 0.253 e. The number of nitrogens with zero attached hydrogens (tertiary/aromatic N) is 3. The Hall–Kier alpha value is -3.21. The minimum atomic E-state index is -0.143. The molecule has 26 heavy (non-hydrogen) atoms. The highest BCUT2D eigenvalue weighted by Crippen LogP contribution is 2.33. The molecule has 0 aliphatic carbocycles. The zero-order valence-corrected chi connectivity index (χ0v) is 14.4. The summed E-state index contributed by atoms with van der Waals surface area (Å²) in [4.78, 5) is 23.3. The van der Waals surface area contributed by atoms with Gasteiger partial charge in [-0.2, -0.15) is 0 Å². The van der Waals surface area contributed by atoms with Gasteiger partial charge < -0.3 is 10.2 Å². The number of rotatable bonds is 4. The van der Waals surface area contributed by atoms with Crippen LogP contribution in [0.25, 0.3) is 0 Å². The number of carbonyl (C=O) groups excluding carboxylic acids is 1. The Labute approximate surface area is 152 Å². The number of benzene rings is 1. The quantitative estimate of drug-likeness (QED) is 0.787. The fraction of sp³-hybridized carbons (Fsp3) is 0.190. The average molecular weight is 344 g/mol. The molecular weight excluding hydrogens is 324 g/mol. The van der Waals surface area contributed by atoms with Crippen molar-refractivity contribution in [3.63, 3.8) is 0 Å². The predicted octanol–water partition coefficient (Wildman–Crippen LogP) is 3.49. The Morgan fingerprint density at radius 1 is 1.12 bits per heavy atom. The van der Waals surface area contributed by atoms with Crippen molar-refractivity contribution in [1.29, 1.82) is 0 Å². The Bertz CT molecular complexity index is 911. The molecule has 1 amide bonds. The topological polar surface area (TPSA) is 58.1 Å². The lowest BCUT2D eigenvalue weighted by atomic mass is 10.0. The third-order valence-electron chi connectivity index (χ3n) is 4.56. The first kappa shape index (κ1) is 16.3.